The molecule has 8 heteroatoms. The van der Waals surface area contributed by atoms with Crippen LogP contribution in [-0.2, 0) is 6.54 Å². The first-order chi connectivity index (χ1) is 11.3. The van der Waals surface area contributed by atoms with Crippen molar-refractivity contribution >= 4 is 16.9 Å². The van der Waals surface area contributed by atoms with E-state index in [1.165, 1.54) is 6.07 Å². The molecular formula is C16H19F3N4O. The number of amides is 1. The molecule has 130 valence electrons. The maximum absolute atomic E-state index is 12.6. The SMILES string of the molecule is C[C@H]1CNCC[C@@H]1NC(=O)c1cccc2c1ncn2CC(F)(F)F. The van der Waals surface area contributed by atoms with Crippen molar-refractivity contribution in [3.63, 3.8) is 0 Å². The number of carbonyl (C=O) groups excluding carboxylic acids is 1. The minimum atomic E-state index is -4.34. The van der Waals surface area contributed by atoms with Gasteiger partial charge in [0.1, 0.15) is 12.1 Å². The van der Waals surface area contributed by atoms with Crippen LogP contribution in [0.2, 0.25) is 0 Å². The molecule has 1 aromatic heterocycles. The van der Waals surface area contributed by atoms with Gasteiger partial charge in [-0.3, -0.25) is 4.79 Å². The van der Waals surface area contributed by atoms with E-state index in [1.54, 1.807) is 12.1 Å². The summed E-state index contributed by atoms with van der Waals surface area (Å²) >= 11 is 0. The molecule has 3 rings (SSSR count). The molecule has 0 saturated carbocycles. The summed E-state index contributed by atoms with van der Waals surface area (Å²) in [5.41, 5.74) is 0.901. The van der Waals surface area contributed by atoms with Crippen LogP contribution in [0.4, 0.5) is 13.2 Å². The van der Waals surface area contributed by atoms with Crippen LogP contribution in [0.15, 0.2) is 24.5 Å². The summed E-state index contributed by atoms with van der Waals surface area (Å²) < 4.78 is 38.9. The molecule has 5 nitrogen and oxygen atoms in total. The third-order valence-corrected chi connectivity index (χ3v) is 4.35. The van der Waals surface area contributed by atoms with Crippen LogP contribution in [-0.4, -0.2) is 40.8 Å². The number of carbonyl (C=O) groups is 1. The number of nitrogens with zero attached hydrogens (tertiary/aromatic N) is 2. The van der Waals surface area contributed by atoms with E-state index in [9.17, 15) is 18.0 Å². The lowest BCUT2D eigenvalue weighted by Crippen LogP contribution is -2.48. The van der Waals surface area contributed by atoms with Crippen molar-refractivity contribution in [1.29, 1.82) is 0 Å². The van der Waals surface area contributed by atoms with Gasteiger partial charge in [-0.25, -0.2) is 4.98 Å². The average molecular weight is 340 g/mol. The summed E-state index contributed by atoms with van der Waals surface area (Å²) in [6.07, 6.45) is -2.39. The predicted molar refractivity (Wildman–Crippen MR) is 83.7 cm³/mol. The van der Waals surface area contributed by atoms with Gasteiger partial charge in [0.15, 0.2) is 0 Å². The lowest BCUT2D eigenvalue weighted by molar-refractivity contribution is -0.139. The van der Waals surface area contributed by atoms with Crippen LogP contribution in [0, 0.1) is 5.92 Å². The molecule has 1 fully saturated rings. The highest BCUT2D eigenvalue weighted by Crippen LogP contribution is 2.23. The highest BCUT2D eigenvalue weighted by molar-refractivity contribution is 6.05. The average Bonchev–Trinajstić information content (AvgIpc) is 2.91. The molecule has 1 aromatic carbocycles. The van der Waals surface area contributed by atoms with Gasteiger partial charge in [0, 0.05) is 6.04 Å². The predicted octanol–water partition coefficient (Wildman–Crippen LogP) is 2.33. The Morgan fingerprint density at radius 1 is 1.46 bits per heavy atom. The van der Waals surface area contributed by atoms with Crippen molar-refractivity contribution in [2.45, 2.75) is 32.1 Å². The van der Waals surface area contributed by atoms with Crippen LogP contribution in [0.1, 0.15) is 23.7 Å². The maximum Gasteiger partial charge on any atom is 0.406 e. The van der Waals surface area contributed by atoms with Crippen LogP contribution in [0.3, 0.4) is 0 Å². The highest BCUT2D eigenvalue weighted by Gasteiger charge is 2.29. The van der Waals surface area contributed by atoms with E-state index in [0.717, 1.165) is 30.4 Å². The number of para-hydroxylation sites is 1. The second-order valence-electron chi connectivity index (χ2n) is 6.21. The first-order valence-corrected chi connectivity index (χ1v) is 7.87. The Morgan fingerprint density at radius 3 is 2.96 bits per heavy atom. The summed E-state index contributed by atoms with van der Waals surface area (Å²) in [7, 11) is 0. The fourth-order valence-corrected chi connectivity index (χ4v) is 3.07. The quantitative estimate of drug-likeness (QED) is 0.902. The molecule has 0 aliphatic carbocycles. The molecule has 1 amide bonds. The lowest BCUT2D eigenvalue weighted by Gasteiger charge is -2.30. The smallest absolute Gasteiger partial charge is 0.349 e. The number of hydrogen-bond acceptors (Lipinski definition) is 3. The van der Waals surface area contributed by atoms with Gasteiger partial charge in [-0.05, 0) is 37.6 Å². The van der Waals surface area contributed by atoms with Gasteiger partial charge in [0.2, 0.25) is 0 Å². The molecule has 0 unspecified atom stereocenters. The van der Waals surface area contributed by atoms with Crippen LogP contribution < -0.4 is 10.6 Å². The molecule has 1 aliphatic rings. The van der Waals surface area contributed by atoms with Gasteiger partial charge in [-0.2, -0.15) is 13.2 Å². The zero-order valence-corrected chi connectivity index (χ0v) is 13.2. The van der Waals surface area contributed by atoms with Crippen LogP contribution in [0.25, 0.3) is 11.0 Å². The van der Waals surface area contributed by atoms with E-state index in [4.69, 9.17) is 0 Å². The van der Waals surface area contributed by atoms with E-state index in [2.05, 4.69) is 22.5 Å². The van der Waals surface area contributed by atoms with Crippen molar-refractivity contribution in [1.82, 2.24) is 20.2 Å². The molecule has 2 heterocycles. The van der Waals surface area contributed by atoms with Crippen LogP contribution >= 0.6 is 0 Å². The number of benzene rings is 1. The highest BCUT2D eigenvalue weighted by atomic mass is 19.4. The van der Waals surface area contributed by atoms with E-state index in [1.807, 2.05) is 0 Å². The third kappa shape index (κ3) is 3.53. The van der Waals surface area contributed by atoms with Crippen molar-refractivity contribution < 1.29 is 18.0 Å². The second kappa shape index (κ2) is 6.43. The summed E-state index contributed by atoms with van der Waals surface area (Å²) in [4.78, 5) is 16.6. The van der Waals surface area contributed by atoms with Crippen LogP contribution in [0.5, 0.6) is 0 Å². The van der Waals surface area contributed by atoms with E-state index < -0.39 is 12.7 Å². The number of rotatable bonds is 3. The minimum Gasteiger partial charge on any atom is -0.349 e. The third-order valence-electron chi connectivity index (χ3n) is 4.35. The standard InChI is InChI=1S/C16H19F3N4O/c1-10-7-20-6-5-12(10)22-15(24)11-3-2-4-13-14(11)21-9-23(13)8-16(17,18)19/h2-4,9-10,12,20H,5-8H2,1H3,(H,22,24)/t10-,12-/m0/s1. The number of aromatic nitrogens is 2. The summed E-state index contributed by atoms with van der Waals surface area (Å²) in [6, 6.07) is 4.76. The topological polar surface area (TPSA) is 58.9 Å². The molecule has 2 aromatic rings. The molecular weight excluding hydrogens is 321 g/mol. The Hall–Kier alpha value is -2.09. The van der Waals surface area contributed by atoms with Gasteiger partial charge in [0.05, 0.1) is 17.4 Å². The Balaban J connectivity index is 1.85. The zero-order valence-electron chi connectivity index (χ0n) is 13.2. The molecule has 1 saturated heterocycles. The maximum atomic E-state index is 12.6. The largest absolute Gasteiger partial charge is 0.406 e. The van der Waals surface area contributed by atoms with Crippen molar-refractivity contribution in [2.24, 2.45) is 5.92 Å². The molecule has 2 atom stereocenters. The first kappa shape index (κ1) is 16.8. The Morgan fingerprint density at radius 2 is 2.25 bits per heavy atom. The molecule has 1 aliphatic heterocycles. The zero-order chi connectivity index (χ0) is 17.3. The van der Waals surface area contributed by atoms with Gasteiger partial charge in [0.25, 0.3) is 5.91 Å². The number of halogens is 3. The number of nitrogens with one attached hydrogen (secondary N) is 2. The Labute approximate surface area is 137 Å². The van der Waals surface area contributed by atoms with Gasteiger partial charge in [-0.15, -0.1) is 0 Å². The van der Waals surface area contributed by atoms with Crippen molar-refractivity contribution in [2.75, 3.05) is 13.1 Å². The van der Waals surface area contributed by atoms with Gasteiger partial charge < -0.3 is 15.2 Å². The first-order valence-electron chi connectivity index (χ1n) is 7.87. The number of fused-ring (bicyclic) bond motifs is 1. The molecule has 0 spiro atoms. The Kier molecular flexibility index (Phi) is 4.49. The van der Waals surface area contributed by atoms with Crippen molar-refractivity contribution in [3.05, 3.63) is 30.1 Å². The second-order valence-corrected chi connectivity index (χ2v) is 6.21. The summed E-state index contributed by atoms with van der Waals surface area (Å²) in [5, 5.41) is 6.24. The summed E-state index contributed by atoms with van der Waals surface area (Å²) in [6.45, 7) is 2.59. The van der Waals surface area contributed by atoms with Crippen molar-refractivity contribution in [3.8, 4) is 0 Å². The number of piperidine rings is 1. The minimum absolute atomic E-state index is 0.0475. The van der Waals surface area contributed by atoms with Gasteiger partial charge >= 0.3 is 6.18 Å². The van der Waals surface area contributed by atoms with Gasteiger partial charge in [-0.1, -0.05) is 13.0 Å². The molecule has 0 radical (unpaired) electrons. The number of alkyl halides is 3. The fourth-order valence-electron chi connectivity index (χ4n) is 3.07. The fraction of sp³-hybridized carbons (Fsp3) is 0.500. The summed E-state index contributed by atoms with van der Waals surface area (Å²) in [5.74, 6) is 0.00120. The van der Waals surface area contributed by atoms with E-state index in [0.29, 0.717) is 22.5 Å². The normalized spacial score (nSPS) is 21.8. The van der Waals surface area contributed by atoms with E-state index in [-0.39, 0.29) is 11.9 Å². The Bertz CT molecular complexity index is 740. The monoisotopic (exact) mass is 340 g/mol. The number of hydrogen-bond donors (Lipinski definition) is 2. The molecule has 0 bridgehead atoms. The molecule has 2 N–H and O–H groups in total. The lowest BCUT2D eigenvalue weighted by atomic mass is 9.95. The number of imidazole rings is 1. The molecule has 24 heavy (non-hydrogen) atoms. The van der Waals surface area contributed by atoms with E-state index >= 15 is 0 Å².